The second kappa shape index (κ2) is 8.77. The minimum absolute atomic E-state index is 0.398. The highest BCUT2D eigenvalue weighted by molar-refractivity contribution is 5.73. The van der Waals surface area contributed by atoms with Crippen LogP contribution in [0.3, 0.4) is 0 Å². The van der Waals surface area contributed by atoms with Gasteiger partial charge in [-0.05, 0) is 37.6 Å². The van der Waals surface area contributed by atoms with Gasteiger partial charge in [-0.15, -0.1) is 0 Å². The van der Waals surface area contributed by atoms with E-state index in [2.05, 4.69) is 30.7 Å². The van der Waals surface area contributed by atoms with Crippen molar-refractivity contribution >= 4 is 23.1 Å². The molecule has 0 aliphatic rings. The van der Waals surface area contributed by atoms with Crippen molar-refractivity contribution in [2.45, 2.75) is 13.8 Å². The number of hydrogen-bond donors (Lipinski definition) is 3. The van der Waals surface area contributed by atoms with Crippen molar-refractivity contribution in [1.82, 2.24) is 15.2 Å². The predicted octanol–water partition coefficient (Wildman–Crippen LogP) is 4.22. The van der Waals surface area contributed by atoms with Crippen LogP contribution in [-0.4, -0.2) is 35.4 Å². The molecule has 8 heteroatoms. The van der Waals surface area contributed by atoms with Gasteiger partial charge in [0.05, 0.1) is 13.7 Å². The molecule has 8 nitrogen and oxygen atoms in total. The molecule has 2 aromatic heterocycles. The maximum absolute atomic E-state index is 7.45. The zero-order valence-corrected chi connectivity index (χ0v) is 16.0. The number of pyridine rings is 1. The zero-order valence-electron chi connectivity index (χ0n) is 16.0. The van der Waals surface area contributed by atoms with Gasteiger partial charge in [-0.3, -0.25) is 5.10 Å². The molecule has 2 heterocycles. The first-order valence-corrected chi connectivity index (χ1v) is 8.78. The van der Waals surface area contributed by atoms with E-state index >= 15 is 0 Å². The van der Waals surface area contributed by atoms with E-state index in [0.29, 0.717) is 47.8 Å². The molecule has 0 radical (unpaired) electrons. The summed E-state index contributed by atoms with van der Waals surface area (Å²) in [6.07, 6.45) is 0. The maximum atomic E-state index is 7.45. The summed E-state index contributed by atoms with van der Waals surface area (Å²) in [5.41, 5.74) is 2.26. The standard InChI is InChI=1S/C20H22N6O2/c1-13-11-17(23-18-12-14(2)25-26-18)24-20(19(13)21-3)22-9-10-28-16-8-6-5-7-15(16)27-4/h5-8,11-12H,9-10H2,1-2,4H3,(H3,22,23,24,25,26). The van der Waals surface area contributed by atoms with Crippen LogP contribution in [0, 0.1) is 20.4 Å². The molecule has 0 fully saturated rings. The number of para-hydroxylation sites is 2. The highest BCUT2D eigenvalue weighted by Crippen LogP contribution is 2.31. The molecule has 0 aliphatic carbocycles. The van der Waals surface area contributed by atoms with E-state index in [-0.39, 0.29) is 0 Å². The molecule has 144 valence electrons. The minimum atomic E-state index is 0.398. The van der Waals surface area contributed by atoms with Crippen LogP contribution in [-0.2, 0) is 0 Å². The Morgan fingerprint density at radius 2 is 1.93 bits per heavy atom. The van der Waals surface area contributed by atoms with E-state index in [9.17, 15) is 0 Å². The average molecular weight is 378 g/mol. The van der Waals surface area contributed by atoms with E-state index in [1.165, 1.54) is 0 Å². The molecule has 0 bridgehead atoms. The van der Waals surface area contributed by atoms with Crippen LogP contribution >= 0.6 is 0 Å². The third-order valence-corrected chi connectivity index (χ3v) is 3.98. The van der Waals surface area contributed by atoms with Crippen molar-refractivity contribution in [2.75, 3.05) is 30.9 Å². The van der Waals surface area contributed by atoms with Crippen LogP contribution in [0.1, 0.15) is 11.3 Å². The molecular formula is C20H22N6O2. The SMILES string of the molecule is [C-]#[N+]c1c(C)cc(Nc2cc(C)[nH]n2)nc1NCCOc1ccccc1OC. The van der Waals surface area contributed by atoms with Gasteiger partial charge in [0.1, 0.15) is 18.2 Å². The second-order valence-corrected chi connectivity index (χ2v) is 6.12. The van der Waals surface area contributed by atoms with Crippen molar-refractivity contribution in [3.63, 3.8) is 0 Å². The summed E-state index contributed by atoms with van der Waals surface area (Å²) in [5, 5.41) is 13.4. The first kappa shape index (κ1) is 19.0. The van der Waals surface area contributed by atoms with Crippen molar-refractivity contribution in [1.29, 1.82) is 0 Å². The smallest absolute Gasteiger partial charge is 0.231 e. The van der Waals surface area contributed by atoms with Gasteiger partial charge in [0, 0.05) is 18.3 Å². The molecule has 0 unspecified atom stereocenters. The molecule has 0 aliphatic heterocycles. The first-order valence-electron chi connectivity index (χ1n) is 8.78. The Bertz CT molecular complexity index is 993. The van der Waals surface area contributed by atoms with Crippen LogP contribution < -0.4 is 20.1 Å². The Morgan fingerprint density at radius 3 is 2.61 bits per heavy atom. The molecule has 1 aromatic carbocycles. The third kappa shape index (κ3) is 4.51. The van der Waals surface area contributed by atoms with E-state index < -0.39 is 0 Å². The number of rotatable bonds is 8. The summed E-state index contributed by atoms with van der Waals surface area (Å²) in [7, 11) is 1.61. The molecule has 3 rings (SSSR count). The lowest BCUT2D eigenvalue weighted by atomic mass is 10.2. The van der Waals surface area contributed by atoms with Gasteiger partial charge >= 0.3 is 0 Å². The molecule has 0 spiro atoms. The van der Waals surface area contributed by atoms with Crippen LogP contribution in [0.15, 0.2) is 36.4 Å². The first-order chi connectivity index (χ1) is 13.6. The fraction of sp³-hybridized carbons (Fsp3) is 0.250. The lowest BCUT2D eigenvalue weighted by Gasteiger charge is -2.14. The summed E-state index contributed by atoms with van der Waals surface area (Å²) < 4.78 is 11.0. The summed E-state index contributed by atoms with van der Waals surface area (Å²) in [6.45, 7) is 12.1. The van der Waals surface area contributed by atoms with Gasteiger partial charge in [-0.1, -0.05) is 12.1 Å². The van der Waals surface area contributed by atoms with Crippen LogP contribution in [0.5, 0.6) is 11.5 Å². The van der Waals surface area contributed by atoms with Crippen LogP contribution in [0.2, 0.25) is 0 Å². The van der Waals surface area contributed by atoms with Gasteiger partial charge < -0.3 is 20.1 Å². The van der Waals surface area contributed by atoms with Gasteiger partial charge in [0.25, 0.3) is 0 Å². The number of hydrogen-bond acceptors (Lipinski definition) is 6. The van der Waals surface area contributed by atoms with Gasteiger partial charge in [0.15, 0.2) is 17.3 Å². The number of anilines is 3. The highest BCUT2D eigenvalue weighted by atomic mass is 16.5. The Balaban J connectivity index is 1.67. The Kier molecular flexibility index (Phi) is 5.97. The third-order valence-electron chi connectivity index (χ3n) is 3.98. The van der Waals surface area contributed by atoms with E-state index in [1.807, 2.05) is 50.2 Å². The van der Waals surface area contributed by atoms with E-state index in [1.54, 1.807) is 7.11 Å². The highest BCUT2D eigenvalue weighted by Gasteiger charge is 2.11. The lowest BCUT2D eigenvalue weighted by molar-refractivity contribution is 0.306. The molecular weight excluding hydrogens is 356 g/mol. The molecule has 0 saturated heterocycles. The largest absolute Gasteiger partial charge is 0.493 e. The quantitative estimate of drug-likeness (QED) is 0.402. The number of aromatic nitrogens is 3. The molecule has 0 amide bonds. The Morgan fingerprint density at radius 1 is 1.14 bits per heavy atom. The van der Waals surface area contributed by atoms with Crippen LogP contribution in [0.4, 0.5) is 23.1 Å². The topological polar surface area (TPSA) is 88.5 Å². The summed E-state index contributed by atoms with van der Waals surface area (Å²) >= 11 is 0. The zero-order chi connectivity index (χ0) is 19.9. The summed E-state index contributed by atoms with van der Waals surface area (Å²) in [6, 6.07) is 11.2. The molecule has 3 N–H and O–H groups in total. The van der Waals surface area contributed by atoms with Crippen molar-refractivity contribution < 1.29 is 9.47 Å². The van der Waals surface area contributed by atoms with Gasteiger partial charge in [-0.2, -0.15) is 5.10 Å². The van der Waals surface area contributed by atoms with Crippen LogP contribution in [0.25, 0.3) is 4.85 Å². The molecule has 28 heavy (non-hydrogen) atoms. The number of methoxy groups -OCH3 is 1. The maximum Gasteiger partial charge on any atom is 0.231 e. The van der Waals surface area contributed by atoms with Crippen molar-refractivity contribution in [3.8, 4) is 11.5 Å². The average Bonchev–Trinajstić information content (AvgIpc) is 3.10. The number of nitrogens with one attached hydrogen (secondary N) is 3. The fourth-order valence-electron chi connectivity index (χ4n) is 2.68. The molecule has 0 saturated carbocycles. The van der Waals surface area contributed by atoms with Gasteiger partial charge in [0.2, 0.25) is 5.69 Å². The molecule has 3 aromatic rings. The predicted molar refractivity (Wildman–Crippen MR) is 109 cm³/mol. The Labute approximate surface area is 163 Å². The number of aryl methyl sites for hydroxylation is 2. The minimum Gasteiger partial charge on any atom is -0.493 e. The normalized spacial score (nSPS) is 10.2. The Hall–Kier alpha value is -3.73. The summed E-state index contributed by atoms with van der Waals surface area (Å²) in [5.74, 6) is 3.15. The van der Waals surface area contributed by atoms with E-state index in [4.69, 9.17) is 16.0 Å². The monoisotopic (exact) mass is 378 g/mol. The number of benzene rings is 1. The van der Waals surface area contributed by atoms with Crippen molar-refractivity contribution in [3.05, 3.63) is 59.1 Å². The van der Waals surface area contributed by atoms with Gasteiger partial charge in [-0.25, -0.2) is 9.83 Å². The second-order valence-electron chi connectivity index (χ2n) is 6.12. The van der Waals surface area contributed by atoms with E-state index in [0.717, 1.165) is 11.3 Å². The number of H-pyrrole nitrogens is 1. The number of aromatic amines is 1. The summed E-state index contributed by atoms with van der Waals surface area (Å²) in [4.78, 5) is 8.12. The number of nitrogens with zero attached hydrogens (tertiary/aromatic N) is 3. The lowest BCUT2D eigenvalue weighted by Crippen LogP contribution is -2.13. The number of ether oxygens (including phenoxy) is 2. The van der Waals surface area contributed by atoms with Crippen molar-refractivity contribution in [2.24, 2.45) is 0 Å². The molecule has 0 atom stereocenters. The fourth-order valence-corrected chi connectivity index (χ4v) is 2.68.